The van der Waals surface area contributed by atoms with Crippen molar-refractivity contribution < 1.29 is 19.1 Å². The molecule has 138 valence electrons. The second kappa shape index (κ2) is 10.4. The summed E-state index contributed by atoms with van der Waals surface area (Å²) in [4.78, 5) is 23.6. The molecule has 0 radical (unpaired) electrons. The molecule has 0 spiro atoms. The maximum Gasteiger partial charge on any atom is 0.306 e. The Kier molecular flexibility index (Phi) is 7.87. The van der Waals surface area contributed by atoms with Crippen molar-refractivity contribution >= 4 is 11.9 Å². The molecule has 0 aliphatic rings. The van der Waals surface area contributed by atoms with Crippen LogP contribution in [0.2, 0.25) is 0 Å². The molecule has 0 aliphatic carbocycles. The smallest absolute Gasteiger partial charge is 0.306 e. The first-order chi connectivity index (χ1) is 12.6. The van der Waals surface area contributed by atoms with E-state index < -0.39 is 0 Å². The maximum atomic E-state index is 11.8. The summed E-state index contributed by atoms with van der Waals surface area (Å²) in [6, 6.07) is 15.7. The van der Waals surface area contributed by atoms with E-state index in [1.54, 1.807) is 0 Å². The lowest BCUT2D eigenvalue weighted by atomic mass is 10.1. The molecule has 4 heteroatoms. The quantitative estimate of drug-likeness (QED) is 0.486. The van der Waals surface area contributed by atoms with Crippen molar-refractivity contribution in [3.63, 3.8) is 0 Å². The number of aryl methyl sites for hydroxylation is 2. The van der Waals surface area contributed by atoms with Gasteiger partial charge in [-0.05, 0) is 48.9 Å². The number of carbonyl (C=O) groups is 2. The number of carbonyl (C=O) groups excluding carboxylic acids is 2. The van der Waals surface area contributed by atoms with Crippen molar-refractivity contribution in [2.24, 2.45) is 0 Å². The van der Waals surface area contributed by atoms with Gasteiger partial charge in [0.15, 0.2) is 0 Å². The van der Waals surface area contributed by atoms with Crippen LogP contribution in [0.3, 0.4) is 0 Å². The van der Waals surface area contributed by atoms with E-state index in [0.717, 1.165) is 22.3 Å². The molecular formula is C22H26O4. The Morgan fingerprint density at radius 3 is 1.46 bits per heavy atom. The predicted molar refractivity (Wildman–Crippen MR) is 100 cm³/mol. The first kappa shape index (κ1) is 19.7. The molecule has 0 heterocycles. The van der Waals surface area contributed by atoms with Gasteiger partial charge in [-0.25, -0.2) is 0 Å². The van der Waals surface area contributed by atoms with E-state index in [9.17, 15) is 9.59 Å². The zero-order valence-corrected chi connectivity index (χ0v) is 15.5. The van der Waals surface area contributed by atoms with E-state index in [2.05, 4.69) is 0 Å². The van der Waals surface area contributed by atoms with Gasteiger partial charge in [-0.1, -0.05) is 48.5 Å². The number of rotatable bonds is 9. The third-order valence-electron chi connectivity index (χ3n) is 4.31. The van der Waals surface area contributed by atoms with E-state index >= 15 is 0 Å². The molecule has 0 amide bonds. The molecule has 2 aromatic carbocycles. The molecule has 0 N–H and O–H groups in total. The maximum absolute atomic E-state index is 11.8. The topological polar surface area (TPSA) is 52.6 Å². The minimum atomic E-state index is -0.235. The molecule has 4 nitrogen and oxygen atoms in total. The average Bonchev–Trinajstić information content (AvgIpc) is 2.64. The van der Waals surface area contributed by atoms with Gasteiger partial charge in [-0.2, -0.15) is 0 Å². The summed E-state index contributed by atoms with van der Waals surface area (Å²) in [5.41, 5.74) is 4.25. The largest absolute Gasteiger partial charge is 0.461 e. The van der Waals surface area contributed by atoms with Gasteiger partial charge >= 0.3 is 11.9 Å². The summed E-state index contributed by atoms with van der Waals surface area (Å²) in [6.45, 7) is 4.57. The lowest BCUT2D eigenvalue weighted by Gasteiger charge is -2.08. The number of benzene rings is 2. The van der Waals surface area contributed by atoms with Crippen molar-refractivity contribution in [3.8, 4) is 0 Å². The Morgan fingerprint density at radius 1 is 0.692 bits per heavy atom. The molecule has 0 atom stereocenters. The molecule has 2 rings (SSSR count). The molecule has 26 heavy (non-hydrogen) atoms. The van der Waals surface area contributed by atoms with Gasteiger partial charge in [0.1, 0.15) is 13.2 Å². The van der Waals surface area contributed by atoms with Crippen LogP contribution < -0.4 is 0 Å². The van der Waals surface area contributed by atoms with Crippen molar-refractivity contribution in [2.75, 3.05) is 0 Å². The fraction of sp³-hybridized carbons (Fsp3) is 0.364. The SMILES string of the molecule is Cc1ccccc1COC(=O)CCCCC(=O)OCc1ccccc1C. The minimum absolute atomic E-state index is 0.235. The number of esters is 2. The van der Waals surface area contributed by atoms with Gasteiger partial charge in [0.2, 0.25) is 0 Å². The van der Waals surface area contributed by atoms with E-state index in [1.165, 1.54) is 0 Å². The van der Waals surface area contributed by atoms with Gasteiger partial charge in [0.05, 0.1) is 0 Å². The average molecular weight is 354 g/mol. The van der Waals surface area contributed by atoms with Crippen LogP contribution in [0.25, 0.3) is 0 Å². The third kappa shape index (κ3) is 6.71. The minimum Gasteiger partial charge on any atom is -0.461 e. The number of unbranched alkanes of at least 4 members (excludes halogenated alkanes) is 1. The molecule has 0 saturated carbocycles. The lowest BCUT2D eigenvalue weighted by molar-refractivity contribution is -0.147. The second-order valence-corrected chi connectivity index (χ2v) is 6.38. The molecule has 0 bridgehead atoms. The lowest BCUT2D eigenvalue weighted by Crippen LogP contribution is -2.07. The number of hydrogen-bond acceptors (Lipinski definition) is 4. The van der Waals surface area contributed by atoms with Gasteiger partial charge in [-0.15, -0.1) is 0 Å². The van der Waals surface area contributed by atoms with Crippen LogP contribution in [0, 0.1) is 13.8 Å². The number of ether oxygens (including phenoxy) is 2. The van der Waals surface area contributed by atoms with E-state index in [4.69, 9.17) is 9.47 Å². The highest BCUT2D eigenvalue weighted by atomic mass is 16.5. The molecule has 0 unspecified atom stereocenters. The molecule has 0 saturated heterocycles. The van der Waals surface area contributed by atoms with Crippen molar-refractivity contribution in [2.45, 2.75) is 52.7 Å². The van der Waals surface area contributed by atoms with E-state index in [1.807, 2.05) is 62.4 Å². The summed E-state index contributed by atoms with van der Waals surface area (Å²) >= 11 is 0. The Balaban J connectivity index is 1.58. The van der Waals surface area contributed by atoms with Gasteiger partial charge in [-0.3, -0.25) is 9.59 Å². The molecule has 2 aromatic rings. The molecular weight excluding hydrogens is 328 g/mol. The van der Waals surface area contributed by atoms with Crippen LogP contribution in [0.1, 0.15) is 47.9 Å². The first-order valence-corrected chi connectivity index (χ1v) is 8.96. The third-order valence-corrected chi connectivity index (χ3v) is 4.31. The molecule has 0 fully saturated rings. The predicted octanol–water partition coefficient (Wildman–Crippen LogP) is 4.65. The standard InChI is InChI=1S/C22H26O4/c1-17-9-3-5-11-19(17)15-25-21(23)13-7-8-14-22(24)26-16-20-12-6-4-10-18(20)2/h3-6,9-12H,7-8,13-16H2,1-2H3. The zero-order chi connectivity index (χ0) is 18.8. The number of hydrogen-bond donors (Lipinski definition) is 0. The summed E-state index contributed by atoms with van der Waals surface area (Å²) in [7, 11) is 0. The van der Waals surface area contributed by atoms with Crippen molar-refractivity contribution in [1.29, 1.82) is 0 Å². The highest BCUT2D eigenvalue weighted by Crippen LogP contribution is 2.11. The Hall–Kier alpha value is -2.62. The van der Waals surface area contributed by atoms with Crippen LogP contribution in [0.5, 0.6) is 0 Å². The molecule has 0 aromatic heterocycles. The van der Waals surface area contributed by atoms with E-state index in [0.29, 0.717) is 38.9 Å². The summed E-state index contributed by atoms with van der Waals surface area (Å²) < 4.78 is 10.6. The van der Waals surface area contributed by atoms with Crippen molar-refractivity contribution in [1.82, 2.24) is 0 Å². The van der Waals surface area contributed by atoms with Crippen LogP contribution in [0.15, 0.2) is 48.5 Å². The van der Waals surface area contributed by atoms with Gasteiger partial charge in [0.25, 0.3) is 0 Å². The summed E-state index contributed by atoms with van der Waals surface area (Å²) in [5.74, 6) is -0.469. The Bertz CT molecular complexity index is 673. The zero-order valence-electron chi connectivity index (χ0n) is 15.5. The van der Waals surface area contributed by atoms with E-state index in [-0.39, 0.29) is 11.9 Å². The first-order valence-electron chi connectivity index (χ1n) is 8.96. The fourth-order valence-electron chi connectivity index (χ4n) is 2.54. The summed E-state index contributed by atoms with van der Waals surface area (Å²) in [5, 5.41) is 0. The van der Waals surface area contributed by atoms with Crippen molar-refractivity contribution in [3.05, 3.63) is 70.8 Å². The highest BCUT2D eigenvalue weighted by molar-refractivity contribution is 5.70. The molecule has 0 aliphatic heterocycles. The van der Waals surface area contributed by atoms with Crippen LogP contribution in [0.4, 0.5) is 0 Å². The Labute approximate surface area is 155 Å². The summed E-state index contributed by atoms with van der Waals surface area (Å²) in [6.07, 6.45) is 1.87. The normalized spacial score (nSPS) is 10.4. The second-order valence-electron chi connectivity index (χ2n) is 6.38. The van der Waals surface area contributed by atoms with Crippen LogP contribution in [-0.2, 0) is 32.3 Å². The van der Waals surface area contributed by atoms with Crippen LogP contribution >= 0.6 is 0 Å². The van der Waals surface area contributed by atoms with Gasteiger partial charge in [0, 0.05) is 12.8 Å². The van der Waals surface area contributed by atoms with Gasteiger partial charge < -0.3 is 9.47 Å². The monoisotopic (exact) mass is 354 g/mol. The fourth-order valence-corrected chi connectivity index (χ4v) is 2.54. The Morgan fingerprint density at radius 2 is 1.08 bits per heavy atom. The highest BCUT2D eigenvalue weighted by Gasteiger charge is 2.08. The van der Waals surface area contributed by atoms with Crippen LogP contribution in [-0.4, -0.2) is 11.9 Å².